The predicted molar refractivity (Wildman–Crippen MR) is 99.4 cm³/mol. The Hall–Kier alpha value is -2.15. The van der Waals surface area contributed by atoms with Crippen LogP contribution in [0.25, 0.3) is 0 Å². The van der Waals surface area contributed by atoms with E-state index in [0.717, 1.165) is 5.56 Å². The Morgan fingerprint density at radius 3 is 2.46 bits per heavy atom. The maximum atomic E-state index is 12.9. The minimum atomic E-state index is -0.691. The Balaban J connectivity index is 1.71. The fourth-order valence-corrected chi connectivity index (χ4v) is 3.02. The number of hydrogen-bond donors (Lipinski definition) is 0. The van der Waals surface area contributed by atoms with Gasteiger partial charge < -0.3 is 4.74 Å². The van der Waals surface area contributed by atoms with Gasteiger partial charge in [0.15, 0.2) is 10.9 Å². The van der Waals surface area contributed by atoms with Crippen molar-refractivity contribution in [3.05, 3.63) is 81.8 Å². The first kappa shape index (κ1) is 18.6. The normalized spacial score (nSPS) is 10.6. The van der Waals surface area contributed by atoms with Crippen LogP contribution in [0, 0.1) is 5.82 Å². The number of benzene rings is 2. The first-order valence-electron chi connectivity index (χ1n) is 7.39. The van der Waals surface area contributed by atoms with Crippen LogP contribution in [0.1, 0.15) is 16.1 Å². The lowest BCUT2D eigenvalue weighted by molar-refractivity contribution is 0.0727. The number of esters is 1. The van der Waals surface area contributed by atoms with E-state index in [0.29, 0.717) is 21.7 Å². The molecule has 132 valence electrons. The molecule has 0 aliphatic rings. The molecule has 0 radical (unpaired) electrons. The Morgan fingerprint density at radius 2 is 1.77 bits per heavy atom. The van der Waals surface area contributed by atoms with Crippen LogP contribution >= 0.6 is 35.0 Å². The zero-order valence-electron chi connectivity index (χ0n) is 13.2. The molecule has 0 spiro atoms. The van der Waals surface area contributed by atoms with E-state index < -0.39 is 5.97 Å². The summed E-state index contributed by atoms with van der Waals surface area (Å²) in [5.41, 5.74) is 0.874. The molecule has 0 aliphatic heterocycles. The Morgan fingerprint density at radius 1 is 1.08 bits per heavy atom. The quantitative estimate of drug-likeness (QED) is 0.243. The van der Waals surface area contributed by atoms with E-state index in [4.69, 9.17) is 27.9 Å². The molecule has 4 nitrogen and oxygen atoms in total. The van der Waals surface area contributed by atoms with Gasteiger partial charge in [-0.05, 0) is 42.0 Å². The molecule has 26 heavy (non-hydrogen) atoms. The number of ether oxygens (including phenoxy) is 1. The number of carbonyl (C=O) groups is 1. The van der Waals surface area contributed by atoms with Gasteiger partial charge in [-0.2, -0.15) is 0 Å². The van der Waals surface area contributed by atoms with Gasteiger partial charge in [-0.1, -0.05) is 47.1 Å². The van der Waals surface area contributed by atoms with E-state index in [9.17, 15) is 9.18 Å². The second-order valence-electron chi connectivity index (χ2n) is 5.11. The van der Waals surface area contributed by atoms with E-state index in [-0.39, 0.29) is 16.5 Å². The van der Waals surface area contributed by atoms with Crippen LogP contribution in [0.4, 0.5) is 4.39 Å². The van der Waals surface area contributed by atoms with Crippen molar-refractivity contribution in [1.82, 2.24) is 9.97 Å². The summed E-state index contributed by atoms with van der Waals surface area (Å²) >= 11 is 13.1. The van der Waals surface area contributed by atoms with Crippen LogP contribution in [-0.2, 0) is 5.75 Å². The molecule has 0 amide bonds. The highest BCUT2D eigenvalue weighted by Gasteiger charge is 2.17. The fourth-order valence-electron chi connectivity index (χ4n) is 1.95. The Bertz CT molecular complexity index is 921. The van der Waals surface area contributed by atoms with Crippen LogP contribution < -0.4 is 4.74 Å². The lowest BCUT2D eigenvalue weighted by atomic mass is 10.2. The number of aromatic nitrogens is 2. The molecule has 2 aromatic carbocycles. The fraction of sp³-hybridized carbons (Fsp3) is 0.0556. The number of rotatable bonds is 5. The zero-order chi connectivity index (χ0) is 18.5. The first-order valence-corrected chi connectivity index (χ1v) is 9.13. The van der Waals surface area contributed by atoms with Crippen molar-refractivity contribution in [2.75, 3.05) is 0 Å². The maximum Gasteiger partial charge on any atom is 0.364 e. The standard InChI is InChI=1S/C18H11Cl2FN2O2S/c19-12-3-7-14(8-4-12)25-17(24)16-15(20)9-22-18(23-16)26-10-11-1-5-13(21)6-2-11/h1-9H,10H2. The molecular formula is C18H11Cl2FN2O2S. The Kier molecular flexibility index (Phi) is 6.08. The van der Waals surface area contributed by atoms with Crippen LogP contribution in [-0.4, -0.2) is 15.9 Å². The number of halogens is 3. The van der Waals surface area contributed by atoms with Crippen molar-refractivity contribution in [3.63, 3.8) is 0 Å². The molecule has 0 aliphatic carbocycles. The van der Waals surface area contributed by atoms with Crippen molar-refractivity contribution in [2.45, 2.75) is 10.9 Å². The highest BCUT2D eigenvalue weighted by atomic mass is 35.5. The molecular weight excluding hydrogens is 398 g/mol. The van der Waals surface area contributed by atoms with Gasteiger partial charge in [-0.15, -0.1) is 0 Å². The largest absolute Gasteiger partial charge is 0.422 e. The smallest absolute Gasteiger partial charge is 0.364 e. The van der Waals surface area contributed by atoms with E-state index in [1.165, 1.54) is 30.1 Å². The SMILES string of the molecule is O=C(Oc1ccc(Cl)cc1)c1nc(SCc2ccc(F)cc2)ncc1Cl. The van der Waals surface area contributed by atoms with E-state index in [2.05, 4.69) is 9.97 Å². The summed E-state index contributed by atoms with van der Waals surface area (Å²) in [6.45, 7) is 0. The maximum absolute atomic E-state index is 12.9. The number of nitrogens with zero attached hydrogens (tertiary/aromatic N) is 2. The van der Waals surface area contributed by atoms with Crippen LogP contribution in [0.2, 0.25) is 10.0 Å². The minimum absolute atomic E-state index is 0.0294. The molecule has 0 fully saturated rings. The van der Waals surface area contributed by atoms with Crippen LogP contribution in [0.15, 0.2) is 59.9 Å². The lowest BCUT2D eigenvalue weighted by Crippen LogP contribution is -2.12. The number of thioether (sulfide) groups is 1. The molecule has 0 atom stereocenters. The summed E-state index contributed by atoms with van der Waals surface area (Å²) in [7, 11) is 0. The summed E-state index contributed by atoms with van der Waals surface area (Å²) in [5, 5.41) is 0.987. The predicted octanol–water partition coefficient (Wildman–Crippen LogP) is 5.43. The summed E-state index contributed by atoms with van der Waals surface area (Å²) in [5.74, 6) is -0.139. The van der Waals surface area contributed by atoms with Crippen molar-refractivity contribution in [1.29, 1.82) is 0 Å². The van der Waals surface area contributed by atoms with Gasteiger partial charge in [0.05, 0.1) is 11.2 Å². The molecule has 1 heterocycles. The van der Waals surface area contributed by atoms with Crippen molar-refractivity contribution >= 4 is 40.9 Å². The molecule has 0 saturated heterocycles. The molecule has 3 aromatic rings. The van der Waals surface area contributed by atoms with Crippen LogP contribution in [0.3, 0.4) is 0 Å². The highest BCUT2D eigenvalue weighted by molar-refractivity contribution is 7.98. The average Bonchev–Trinajstić information content (AvgIpc) is 2.64. The van der Waals surface area contributed by atoms with Crippen molar-refractivity contribution < 1.29 is 13.9 Å². The summed E-state index contributed by atoms with van der Waals surface area (Å²) in [6, 6.07) is 12.5. The molecule has 0 N–H and O–H groups in total. The minimum Gasteiger partial charge on any atom is -0.422 e. The van der Waals surface area contributed by atoms with Gasteiger partial charge in [0.2, 0.25) is 0 Å². The average molecular weight is 409 g/mol. The molecule has 0 unspecified atom stereocenters. The van der Waals surface area contributed by atoms with Gasteiger partial charge in [-0.25, -0.2) is 19.2 Å². The van der Waals surface area contributed by atoms with E-state index >= 15 is 0 Å². The van der Waals surface area contributed by atoms with Gasteiger partial charge in [-0.3, -0.25) is 0 Å². The number of carbonyl (C=O) groups excluding carboxylic acids is 1. The number of hydrogen-bond acceptors (Lipinski definition) is 5. The Labute approximate surface area is 163 Å². The van der Waals surface area contributed by atoms with Crippen LogP contribution in [0.5, 0.6) is 5.75 Å². The third-order valence-electron chi connectivity index (χ3n) is 3.22. The van der Waals surface area contributed by atoms with E-state index in [1.54, 1.807) is 36.4 Å². The summed E-state index contributed by atoms with van der Waals surface area (Å²) in [6.07, 6.45) is 1.35. The van der Waals surface area contributed by atoms with Gasteiger partial charge in [0.1, 0.15) is 11.6 Å². The summed E-state index contributed by atoms with van der Waals surface area (Å²) in [4.78, 5) is 20.6. The van der Waals surface area contributed by atoms with Gasteiger partial charge in [0.25, 0.3) is 0 Å². The first-order chi connectivity index (χ1) is 12.5. The third kappa shape index (κ3) is 4.94. The van der Waals surface area contributed by atoms with Crippen molar-refractivity contribution in [3.8, 4) is 5.75 Å². The summed E-state index contributed by atoms with van der Waals surface area (Å²) < 4.78 is 18.2. The second kappa shape index (κ2) is 8.49. The second-order valence-corrected chi connectivity index (χ2v) is 6.89. The molecule has 1 aromatic heterocycles. The zero-order valence-corrected chi connectivity index (χ0v) is 15.5. The van der Waals surface area contributed by atoms with Gasteiger partial charge >= 0.3 is 5.97 Å². The topological polar surface area (TPSA) is 52.1 Å². The van der Waals surface area contributed by atoms with Crippen molar-refractivity contribution in [2.24, 2.45) is 0 Å². The lowest BCUT2D eigenvalue weighted by Gasteiger charge is -2.07. The molecule has 0 bridgehead atoms. The van der Waals surface area contributed by atoms with Gasteiger partial charge in [0, 0.05) is 10.8 Å². The molecule has 8 heteroatoms. The third-order valence-corrected chi connectivity index (χ3v) is 4.68. The molecule has 0 saturated carbocycles. The highest BCUT2D eigenvalue weighted by Crippen LogP contribution is 2.23. The monoisotopic (exact) mass is 408 g/mol. The van der Waals surface area contributed by atoms with E-state index in [1.807, 2.05) is 0 Å². The molecule has 3 rings (SSSR count).